The number of aliphatic carboxylic acids is 1. The summed E-state index contributed by atoms with van der Waals surface area (Å²) in [6.07, 6.45) is 0.393. The van der Waals surface area contributed by atoms with Crippen LogP contribution in [0.15, 0.2) is 0 Å². The average Bonchev–Trinajstić information content (AvgIpc) is 2.64. The van der Waals surface area contributed by atoms with Gasteiger partial charge in [-0.25, -0.2) is 4.79 Å². The van der Waals surface area contributed by atoms with Gasteiger partial charge < -0.3 is 14.7 Å². The molecule has 1 aliphatic heterocycles. The minimum absolute atomic E-state index is 0.132. The van der Waals surface area contributed by atoms with Gasteiger partial charge in [0.1, 0.15) is 5.60 Å². The number of fused-ring (bicyclic) bond motifs is 1. The summed E-state index contributed by atoms with van der Waals surface area (Å²) in [5.74, 6) is -1.03. The molecule has 5 nitrogen and oxygen atoms in total. The third kappa shape index (κ3) is 1.86. The van der Waals surface area contributed by atoms with Crippen LogP contribution in [0.4, 0.5) is 4.79 Å². The second-order valence-corrected chi connectivity index (χ2v) is 5.48. The van der Waals surface area contributed by atoms with Gasteiger partial charge in [0.25, 0.3) is 0 Å². The van der Waals surface area contributed by atoms with Crippen LogP contribution in [-0.4, -0.2) is 40.3 Å². The third-order valence-electron chi connectivity index (χ3n) is 3.10. The summed E-state index contributed by atoms with van der Waals surface area (Å²) in [6, 6.07) is -0.132. The van der Waals surface area contributed by atoms with Crippen molar-refractivity contribution >= 4 is 12.1 Å². The van der Waals surface area contributed by atoms with Crippen molar-refractivity contribution in [2.45, 2.75) is 38.8 Å². The monoisotopic (exact) mass is 227 g/mol. The normalized spacial score (nSPS) is 32.2. The zero-order chi connectivity index (χ0) is 12.1. The van der Waals surface area contributed by atoms with Crippen LogP contribution in [0.5, 0.6) is 0 Å². The van der Waals surface area contributed by atoms with Gasteiger partial charge in [-0.3, -0.25) is 4.79 Å². The summed E-state index contributed by atoms with van der Waals surface area (Å²) in [5, 5.41) is 8.91. The highest BCUT2D eigenvalue weighted by molar-refractivity contribution is 5.79. The van der Waals surface area contributed by atoms with Gasteiger partial charge in [0.2, 0.25) is 0 Å². The number of carbonyl (C=O) groups excluding carboxylic acids is 1. The number of ether oxygens (including phenoxy) is 1. The molecule has 0 bridgehead atoms. The summed E-state index contributed by atoms with van der Waals surface area (Å²) in [7, 11) is 0. The average molecular weight is 227 g/mol. The molecule has 1 saturated carbocycles. The zero-order valence-corrected chi connectivity index (χ0v) is 9.77. The Morgan fingerprint density at radius 1 is 1.38 bits per heavy atom. The molecule has 2 aliphatic rings. The van der Waals surface area contributed by atoms with Crippen LogP contribution in [-0.2, 0) is 9.53 Å². The molecule has 1 heterocycles. The highest BCUT2D eigenvalue weighted by Crippen LogP contribution is 2.51. The topological polar surface area (TPSA) is 66.8 Å². The van der Waals surface area contributed by atoms with E-state index in [1.54, 1.807) is 25.7 Å². The first-order valence-electron chi connectivity index (χ1n) is 5.54. The summed E-state index contributed by atoms with van der Waals surface area (Å²) in [6.45, 7) is 6.04. The van der Waals surface area contributed by atoms with E-state index in [-0.39, 0.29) is 24.0 Å². The Kier molecular flexibility index (Phi) is 2.36. The summed E-state index contributed by atoms with van der Waals surface area (Å²) in [4.78, 5) is 24.2. The van der Waals surface area contributed by atoms with Crippen molar-refractivity contribution < 1.29 is 19.4 Å². The minimum atomic E-state index is -0.803. The van der Waals surface area contributed by atoms with Crippen LogP contribution in [0.3, 0.4) is 0 Å². The van der Waals surface area contributed by atoms with Gasteiger partial charge in [-0.2, -0.15) is 0 Å². The van der Waals surface area contributed by atoms with E-state index in [0.717, 1.165) is 6.42 Å². The Bertz CT molecular complexity index is 333. The van der Waals surface area contributed by atoms with E-state index in [2.05, 4.69) is 0 Å². The Morgan fingerprint density at radius 2 is 2.00 bits per heavy atom. The van der Waals surface area contributed by atoms with E-state index in [1.165, 1.54) is 0 Å². The van der Waals surface area contributed by atoms with Crippen LogP contribution in [0, 0.1) is 11.8 Å². The SMILES string of the molecule is CC(C)(C)OC(=O)N1CC[C@@H]2[C@@H](C(=O)O)[C@@H]21. The van der Waals surface area contributed by atoms with Crippen molar-refractivity contribution in [1.29, 1.82) is 0 Å². The van der Waals surface area contributed by atoms with Crippen LogP contribution >= 0.6 is 0 Å². The van der Waals surface area contributed by atoms with Crippen LogP contribution in [0.1, 0.15) is 27.2 Å². The Hall–Kier alpha value is -1.26. The van der Waals surface area contributed by atoms with Crippen LogP contribution < -0.4 is 0 Å². The van der Waals surface area contributed by atoms with E-state index >= 15 is 0 Å². The lowest BCUT2D eigenvalue weighted by Gasteiger charge is -2.25. The lowest BCUT2D eigenvalue weighted by atomic mass is 10.2. The Labute approximate surface area is 94.4 Å². The highest BCUT2D eigenvalue weighted by atomic mass is 16.6. The van der Waals surface area contributed by atoms with Crippen LogP contribution in [0.2, 0.25) is 0 Å². The molecule has 1 saturated heterocycles. The lowest BCUT2D eigenvalue weighted by molar-refractivity contribution is -0.139. The molecule has 90 valence electrons. The number of carboxylic acids is 1. The molecule has 0 unspecified atom stereocenters. The molecule has 0 aromatic rings. The molecule has 0 spiro atoms. The van der Waals surface area contributed by atoms with E-state index < -0.39 is 11.6 Å². The standard InChI is InChI=1S/C11H17NO4/c1-11(2,3)16-10(15)12-5-4-6-7(8(6)12)9(13)14/h6-8H,4-5H2,1-3H3,(H,13,14)/t6-,7-,8-/m1/s1. The Morgan fingerprint density at radius 3 is 2.44 bits per heavy atom. The van der Waals surface area contributed by atoms with Crippen molar-refractivity contribution in [3.05, 3.63) is 0 Å². The van der Waals surface area contributed by atoms with Gasteiger partial charge in [0, 0.05) is 6.54 Å². The number of carboxylic acid groups (broad SMARTS) is 1. The van der Waals surface area contributed by atoms with Gasteiger partial charge in [-0.1, -0.05) is 0 Å². The summed E-state index contributed by atoms with van der Waals surface area (Å²) < 4.78 is 5.24. The van der Waals surface area contributed by atoms with E-state index in [0.29, 0.717) is 6.54 Å². The van der Waals surface area contributed by atoms with Gasteiger partial charge in [0.05, 0.1) is 12.0 Å². The molecule has 0 aromatic carbocycles. The fourth-order valence-corrected chi connectivity index (χ4v) is 2.43. The predicted molar refractivity (Wildman–Crippen MR) is 56.0 cm³/mol. The molecule has 0 radical (unpaired) electrons. The fourth-order valence-electron chi connectivity index (χ4n) is 2.43. The number of nitrogens with zero attached hydrogens (tertiary/aromatic N) is 1. The second kappa shape index (κ2) is 3.37. The molecule has 2 rings (SSSR count). The molecule has 1 amide bonds. The maximum Gasteiger partial charge on any atom is 0.410 e. The quantitative estimate of drug-likeness (QED) is 0.733. The number of likely N-dealkylation sites (tertiary alicyclic amines) is 1. The highest BCUT2D eigenvalue weighted by Gasteiger charge is 2.63. The smallest absolute Gasteiger partial charge is 0.410 e. The van der Waals surface area contributed by atoms with Crippen molar-refractivity contribution in [1.82, 2.24) is 4.90 Å². The summed E-state index contributed by atoms with van der Waals surface area (Å²) >= 11 is 0. The molecule has 16 heavy (non-hydrogen) atoms. The van der Waals surface area contributed by atoms with E-state index in [9.17, 15) is 9.59 Å². The first-order valence-corrected chi connectivity index (χ1v) is 5.54. The number of piperidine rings is 1. The molecule has 2 fully saturated rings. The molecule has 1 N–H and O–H groups in total. The first kappa shape index (κ1) is 11.2. The molecule has 1 aliphatic carbocycles. The molecular formula is C11H17NO4. The fraction of sp³-hybridized carbons (Fsp3) is 0.818. The summed E-state index contributed by atoms with van der Waals surface area (Å²) in [5.41, 5.74) is -0.525. The first-order chi connectivity index (χ1) is 7.31. The molecular weight excluding hydrogens is 210 g/mol. The molecule has 5 heteroatoms. The maximum atomic E-state index is 11.8. The van der Waals surface area contributed by atoms with Gasteiger partial charge >= 0.3 is 12.1 Å². The Balaban J connectivity index is 1.97. The molecule has 0 aromatic heterocycles. The van der Waals surface area contributed by atoms with Gasteiger partial charge in [-0.05, 0) is 33.1 Å². The minimum Gasteiger partial charge on any atom is -0.481 e. The third-order valence-corrected chi connectivity index (χ3v) is 3.10. The number of carbonyl (C=O) groups is 2. The predicted octanol–water partition coefficient (Wildman–Crippen LogP) is 1.33. The van der Waals surface area contributed by atoms with Crippen molar-refractivity contribution in [3.8, 4) is 0 Å². The second-order valence-electron chi connectivity index (χ2n) is 5.48. The van der Waals surface area contributed by atoms with E-state index in [4.69, 9.17) is 9.84 Å². The molecule has 3 atom stereocenters. The largest absolute Gasteiger partial charge is 0.481 e. The lowest BCUT2D eigenvalue weighted by Crippen LogP contribution is -2.38. The number of hydrogen-bond acceptors (Lipinski definition) is 3. The van der Waals surface area contributed by atoms with Crippen LogP contribution in [0.25, 0.3) is 0 Å². The number of amides is 1. The number of hydrogen-bond donors (Lipinski definition) is 1. The van der Waals surface area contributed by atoms with Crippen molar-refractivity contribution in [3.63, 3.8) is 0 Å². The van der Waals surface area contributed by atoms with Crippen molar-refractivity contribution in [2.24, 2.45) is 11.8 Å². The van der Waals surface area contributed by atoms with Crippen molar-refractivity contribution in [2.75, 3.05) is 6.54 Å². The van der Waals surface area contributed by atoms with Gasteiger partial charge in [-0.15, -0.1) is 0 Å². The number of rotatable bonds is 1. The van der Waals surface area contributed by atoms with E-state index in [1.807, 2.05) is 0 Å². The van der Waals surface area contributed by atoms with Gasteiger partial charge in [0.15, 0.2) is 0 Å². The maximum absolute atomic E-state index is 11.8. The zero-order valence-electron chi connectivity index (χ0n) is 9.77.